The molecule has 0 saturated carbocycles. The molecule has 0 aromatic rings. The maximum atomic E-state index is 10.2. The van der Waals surface area contributed by atoms with Crippen LogP contribution >= 0.6 is 0 Å². The Hall–Kier alpha value is -1.06. The van der Waals surface area contributed by atoms with Crippen LogP contribution in [0.4, 0.5) is 0 Å². The standard InChI is InChI=1S/C8H14O4/c1-6(5-8(11)12)3-2-4-7(9)10/h6H,2-5H2,1H3,(H,9,10)(H,11,12). The summed E-state index contributed by atoms with van der Waals surface area (Å²) in [7, 11) is 0. The second-order valence-corrected chi connectivity index (χ2v) is 2.99. The van der Waals surface area contributed by atoms with E-state index in [0.717, 1.165) is 0 Å². The van der Waals surface area contributed by atoms with Gasteiger partial charge in [0, 0.05) is 12.8 Å². The molecular formula is C8H14O4. The summed E-state index contributed by atoms with van der Waals surface area (Å²) in [6.07, 6.45) is 1.48. The van der Waals surface area contributed by atoms with Gasteiger partial charge in [0.1, 0.15) is 0 Å². The maximum Gasteiger partial charge on any atom is 0.303 e. The fourth-order valence-corrected chi connectivity index (χ4v) is 1.00. The van der Waals surface area contributed by atoms with Crippen LogP contribution in [-0.2, 0) is 9.59 Å². The van der Waals surface area contributed by atoms with Crippen LogP contribution in [0.5, 0.6) is 0 Å². The topological polar surface area (TPSA) is 74.6 Å². The molecule has 0 heterocycles. The van der Waals surface area contributed by atoms with Crippen LogP contribution in [0.2, 0.25) is 0 Å². The fourth-order valence-electron chi connectivity index (χ4n) is 1.00. The van der Waals surface area contributed by atoms with Gasteiger partial charge in [-0.05, 0) is 18.8 Å². The number of hydrogen-bond acceptors (Lipinski definition) is 2. The summed E-state index contributed by atoms with van der Waals surface area (Å²) in [5.41, 5.74) is 0. The van der Waals surface area contributed by atoms with Gasteiger partial charge in [0.15, 0.2) is 0 Å². The summed E-state index contributed by atoms with van der Waals surface area (Å²) in [5, 5.41) is 16.7. The van der Waals surface area contributed by atoms with Gasteiger partial charge in [-0.25, -0.2) is 0 Å². The molecule has 0 amide bonds. The molecule has 2 N–H and O–H groups in total. The maximum absolute atomic E-state index is 10.2. The minimum atomic E-state index is -0.822. The lowest BCUT2D eigenvalue weighted by Crippen LogP contribution is -2.05. The monoisotopic (exact) mass is 174 g/mol. The highest BCUT2D eigenvalue weighted by atomic mass is 16.4. The van der Waals surface area contributed by atoms with E-state index in [0.29, 0.717) is 12.8 Å². The van der Waals surface area contributed by atoms with Gasteiger partial charge < -0.3 is 10.2 Å². The molecule has 4 nitrogen and oxygen atoms in total. The molecule has 0 rings (SSSR count). The summed E-state index contributed by atoms with van der Waals surface area (Å²) in [5.74, 6) is -1.57. The van der Waals surface area contributed by atoms with Gasteiger partial charge in [0.25, 0.3) is 0 Å². The Morgan fingerprint density at radius 2 is 1.83 bits per heavy atom. The second-order valence-electron chi connectivity index (χ2n) is 2.99. The predicted molar refractivity (Wildman–Crippen MR) is 42.9 cm³/mol. The van der Waals surface area contributed by atoms with E-state index in [1.165, 1.54) is 0 Å². The van der Waals surface area contributed by atoms with E-state index in [2.05, 4.69) is 0 Å². The number of carboxylic acids is 2. The van der Waals surface area contributed by atoms with E-state index in [9.17, 15) is 9.59 Å². The number of aliphatic carboxylic acids is 2. The molecule has 1 unspecified atom stereocenters. The lowest BCUT2D eigenvalue weighted by molar-refractivity contribution is -0.138. The Labute approximate surface area is 71.2 Å². The van der Waals surface area contributed by atoms with Crippen LogP contribution in [0, 0.1) is 5.92 Å². The van der Waals surface area contributed by atoms with Crippen molar-refractivity contribution in [2.75, 3.05) is 0 Å². The Morgan fingerprint density at radius 1 is 1.25 bits per heavy atom. The molecule has 0 bridgehead atoms. The quantitative estimate of drug-likeness (QED) is 0.637. The van der Waals surface area contributed by atoms with Crippen LogP contribution < -0.4 is 0 Å². The largest absolute Gasteiger partial charge is 0.481 e. The summed E-state index contributed by atoms with van der Waals surface area (Å²) in [6, 6.07) is 0. The van der Waals surface area contributed by atoms with Crippen molar-refractivity contribution in [3.8, 4) is 0 Å². The molecule has 12 heavy (non-hydrogen) atoms. The highest BCUT2D eigenvalue weighted by Crippen LogP contribution is 2.11. The second kappa shape index (κ2) is 5.57. The first kappa shape index (κ1) is 10.9. The number of carbonyl (C=O) groups is 2. The molecule has 0 aromatic carbocycles. The summed E-state index contributed by atoms with van der Waals surface area (Å²) < 4.78 is 0. The zero-order valence-electron chi connectivity index (χ0n) is 7.12. The van der Waals surface area contributed by atoms with Crippen LogP contribution in [0.1, 0.15) is 32.6 Å². The highest BCUT2D eigenvalue weighted by Gasteiger charge is 2.07. The highest BCUT2D eigenvalue weighted by molar-refractivity contribution is 5.67. The van der Waals surface area contributed by atoms with Gasteiger partial charge in [-0.2, -0.15) is 0 Å². The smallest absolute Gasteiger partial charge is 0.303 e. The van der Waals surface area contributed by atoms with Gasteiger partial charge in [-0.1, -0.05) is 6.92 Å². The summed E-state index contributed by atoms with van der Waals surface area (Å²) >= 11 is 0. The molecule has 0 aromatic heterocycles. The van der Waals surface area contributed by atoms with Crippen molar-refractivity contribution in [2.24, 2.45) is 5.92 Å². The van der Waals surface area contributed by atoms with E-state index in [-0.39, 0.29) is 18.8 Å². The zero-order valence-corrected chi connectivity index (χ0v) is 7.12. The van der Waals surface area contributed by atoms with E-state index in [1.54, 1.807) is 0 Å². The molecule has 0 fully saturated rings. The molecule has 70 valence electrons. The lowest BCUT2D eigenvalue weighted by atomic mass is 10.0. The van der Waals surface area contributed by atoms with Gasteiger partial charge >= 0.3 is 11.9 Å². The van der Waals surface area contributed by atoms with Gasteiger partial charge in [0.2, 0.25) is 0 Å². The average molecular weight is 174 g/mol. The molecule has 1 atom stereocenters. The van der Waals surface area contributed by atoms with Gasteiger partial charge in [-0.3, -0.25) is 9.59 Å². The summed E-state index contributed by atoms with van der Waals surface area (Å²) in [4.78, 5) is 20.3. The van der Waals surface area contributed by atoms with E-state index in [1.807, 2.05) is 6.92 Å². The summed E-state index contributed by atoms with van der Waals surface area (Å²) in [6.45, 7) is 1.82. The first-order valence-corrected chi connectivity index (χ1v) is 3.96. The van der Waals surface area contributed by atoms with Crippen molar-refractivity contribution in [1.82, 2.24) is 0 Å². The number of rotatable bonds is 6. The van der Waals surface area contributed by atoms with E-state index >= 15 is 0 Å². The normalized spacial score (nSPS) is 12.4. The predicted octanol–water partition coefficient (Wildman–Crippen LogP) is 1.35. The molecule has 0 aliphatic carbocycles. The third-order valence-electron chi connectivity index (χ3n) is 1.61. The van der Waals surface area contributed by atoms with Crippen LogP contribution in [0.3, 0.4) is 0 Å². The number of hydrogen-bond donors (Lipinski definition) is 2. The molecule has 0 aliphatic rings. The van der Waals surface area contributed by atoms with Crippen molar-refractivity contribution >= 4 is 11.9 Å². The Balaban J connectivity index is 3.37. The van der Waals surface area contributed by atoms with Gasteiger partial charge in [-0.15, -0.1) is 0 Å². The molecule has 0 aliphatic heterocycles. The van der Waals surface area contributed by atoms with Crippen molar-refractivity contribution in [3.05, 3.63) is 0 Å². The Morgan fingerprint density at radius 3 is 2.25 bits per heavy atom. The van der Waals surface area contributed by atoms with Crippen molar-refractivity contribution < 1.29 is 19.8 Å². The van der Waals surface area contributed by atoms with Crippen LogP contribution in [0.25, 0.3) is 0 Å². The molecular weight excluding hydrogens is 160 g/mol. The van der Waals surface area contributed by atoms with Crippen molar-refractivity contribution in [2.45, 2.75) is 32.6 Å². The first-order chi connectivity index (χ1) is 5.52. The van der Waals surface area contributed by atoms with E-state index < -0.39 is 11.9 Å². The first-order valence-electron chi connectivity index (χ1n) is 3.96. The zero-order chi connectivity index (χ0) is 9.56. The molecule has 0 spiro atoms. The van der Waals surface area contributed by atoms with Crippen molar-refractivity contribution in [3.63, 3.8) is 0 Å². The van der Waals surface area contributed by atoms with Gasteiger partial charge in [0.05, 0.1) is 0 Å². The van der Waals surface area contributed by atoms with Crippen LogP contribution in [0.15, 0.2) is 0 Å². The minimum Gasteiger partial charge on any atom is -0.481 e. The number of carboxylic acid groups (broad SMARTS) is 2. The Kier molecular flexibility index (Phi) is 5.08. The van der Waals surface area contributed by atoms with E-state index in [4.69, 9.17) is 10.2 Å². The molecule has 0 radical (unpaired) electrons. The minimum absolute atomic E-state index is 0.0712. The third-order valence-corrected chi connectivity index (χ3v) is 1.61. The lowest BCUT2D eigenvalue weighted by Gasteiger charge is -2.05. The average Bonchev–Trinajstić information content (AvgIpc) is 1.84. The Bertz CT molecular complexity index is 164. The van der Waals surface area contributed by atoms with Crippen molar-refractivity contribution in [1.29, 1.82) is 0 Å². The third kappa shape index (κ3) is 7.05. The molecule has 4 heteroatoms. The SMILES string of the molecule is CC(CCCC(=O)O)CC(=O)O. The van der Waals surface area contributed by atoms with Crippen LogP contribution in [-0.4, -0.2) is 22.2 Å². The fraction of sp³-hybridized carbons (Fsp3) is 0.750. The molecule has 0 saturated heterocycles.